The summed E-state index contributed by atoms with van der Waals surface area (Å²) in [5, 5.41) is 7.99. The van der Waals surface area contributed by atoms with Crippen molar-refractivity contribution in [2.45, 2.75) is 0 Å². The van der Waals surface area contributed by atoms with E-state index in [0.717, 1.165) is 82.8 Å². The van der Waals surface area contributed by atoms with Gasteiger partial charge in [0.15, 0.2) is 0 Å². The van der Waals surface area contributed by atoms with E-state index in [9.17, 15) is 0 Å². The first-order valence-electron chi connectivity index (χ1n) is 17.6. The predicted molar refractivity (Wildman–Crippen MR) is 215 cm³/mol. The molecule has 0 amide bonds. The van der Waals surface area contributed by atoms with Gasteiger partial charge in [-0.3, -0.25) is 4.57 Å². The average Bonchev–Trinajstić information content (AvgIpc) is 3.75. The number of fused-ring (bicyclic) bond motifs is 8. The zero-order chi connectivity index (χ0) is 34.2. The maximum atomic E-state index is 6.27. The van der Waals surface area contributed by atoms with E-state index in [1.54, 1.807) is 0 Å². The monoisotopic (exact) mass is 663 g/mol. The smallest absolute Gasteiger partial charge is 0.235 e. The van der Waals surface area contributed by atoms with Crippen LogP contribution in [-0.2, 0) is 0 Å². The fourth-order valence-corrected chi connectivity index (χ4v) is 7.94. The number of benzene rings is 8. The van der Waals surface area contributed by atoms with Crippen LogP contribution in [0.2, 0.25) is 0 Å². The molecule has 0 saturated carbocycles. The standard InChI is InChI=1S/C48H29N3O/c1-2-12-30(13-3-1)46-40-19-6-8-22-42(40)49-48(50-46)51-43-28-33-15-5-4-14-32(33)27-41(43)39-21-11-20-36(47(39)51)35-17-10-16-31(26-35)34-24-25-38-37-18-7-9-23-44(37)52-45(38)29-34/h1-29H. The van der Waals surface area contributed by atoms with Crippen molar-refractivity contribution >= 4 is 65.4 Å². The van der Waals surface area contributed by atoms with Crippen LogP contribution in [0.25, 0.3) is 105 Å². The third-order valence-corrected chi connectivity index (χ3v) is 10.4. The molecule has 0 N–H and O–H groups in total. The third kappa shape index (κ3) is 4.41. The Hall–Kier alpha value is -7.04. The largest absolute Gasteiger partial charge is 0.456 e. The van der Waals surface area contributed by atoms with E-state index in [2.05, 4.69) is 156 Å². The van der Waals surface area contributed by atoms with Crippen LogP contribution in [0.15, 0.2) is 180 Å². The number of para-hydroxylation sites is 3. The van der Waals surface area contributed by atoms with Crippen molar-refractivity contribution in [2.24, 2.45) is 0 Å². The molecule has 242 valence electrons. The summed E-state index contributed by atoms with van der Waals surface area (Å²) in [6.45, 7) is 0. The fraction of sp³-hybridized carbons (Fsp3) is 0. The van der Waals surface area contributed by atoms with Crippen molar-refractivity contribution in [3.63, 3.8) is 0 Å². The molecule has 0 bridgehead atoms. The lowest BCUT2D eigenvalue weighted by Crippen LogP contribution is -2.04. The highest BCUT2D eigenvalue weighted by molar-refractivity contribution is 6.17. The molecular weight excluding hydrogens is 635 g/mol. The van der Waals surface area contributed by atoms with Crippen molar-refractivity contribution in [3.05, 3.63) is 176 Å². The molecule has 4 nitrogen and oxygen atoms in total. The van der Waals surface area contributed by atoms with Crippen molar-refractivity contribution < 1.29 is 4.42 Å². The first kappa shape index (κ1) is 28.8. The predicted octanol–water partition coefficient (Wildman–Crippen LogP) is 12.8. The normalized spacial score (nSPS) is 11.8. The van der Waals surface area contributed by atoms with Crippen LogP contribution in [-0.4, -0.2) is 14.5 Å². The molecule has 8 aromatic carbocycles. The zero-order valence-electron chi connectivity index (χ0n) is 28.0. The second-order valence-corrected chi connectivity index (χ2v) is 13.4. The molecule has 4 heteroatoms. The summed E-state index contributed by atoms with van der Waals surface area (Å²) in [4.78, 5) is 10.7. The number of hydrogen-bond donors (Lipinski definition) is 0. The SMILES string of the molecule is c1ccc(-c2nc(-n3c4cc5ccccc5cc4c4cccc(-c5cccc(-c6ccc7c(c6)oc6ccccc67)c5)c43)nc3ccccc23)cc1. The van der Waals surface area contributed by atoms with E-state index in [1.807, 2.05) is 24.3 Å². The first-order valence-corrected chi connectivity index (χ1v) is 17.6. The Kier molecular flexibility index (Phi) is 6.22. The Morgan fingerprint density at radius 2 is 1.08 bits per heavy atom. The van der Waals surface area contributed by atoms with Gasteiger partial charge in [0.1, 0.15) is 11.2 Å². The lowest BCUT2D eigenvalue weighted by Gasteiger charge is -2.14. The van der Waals surface area contributed by atoms with E-state index < -0.39 is 0 Å². The minimum Gasteiger partial charge on any atom is -0.456 e. The molecular formula is C48H29N3O. The minimum absolute atomic E-state index is 0.645. The Balaban J connectivity index is 1.18. The molecule has 0 unspecified atom stereocenters. The highest BCUT2D eigenvalue weighted by atomic mass is 16.3. The molecule has 0 fully saturated rings. The second kappa shape index (κ2) is 11.2. The summed E-state index contributed by atoms with van der Waals surface area (Å²) in [6, 6.07) is 62.0. The third-order valence-electron chi connectivity index (χ3n) is 10.4. The van der Waals surface area contributed by atoms with Crippen molar-refractivity contribution in [3.8, 4) is 39.5 Å². The zero-order valence-corrected chi connectivity index (χ0v) is 28.0. The second-order valence-electron chi connectivity index (χ2n) is 13.4. The van der Waals surface area contributed by atoms with Crippen LogP contribution in [0.1, 0.15) is 0 Å². The van der Waals surface area contributed by atoms with Crippen molar-refractivity contribution in [1.29, 1.82) is 0 Å². The number of hydrogen-bond acceptors (Lipinski definition) is 3. The summed E-state index contributed by atoms with van der Waals surface area (Å²) in [6.07, 6.45) is 0. The minimum atomic E-state index is 0.645. The van der Waals surface area contributed by atoms with Crippen LogP contribution in [0.3, 0.4) is 0 Å². The quantitative estimate of drug-likeness (QED) is 0.188. The molecule has 0 saturated heterocycles. The topological polar surface area (TPSA) is 43.9 Å². The van der Waals surface area contributed by atoms with Gasteiger partial charge in [0, 0.05) is 38.1 Å². The molecule has 0 spiro atoms. The molecule has 3 aromatic heterocycles. The molecule has 0 radical (unpaired) electrons. The number of furan rings is 1. The molecule has 52 heavy (non-hydrogen) atoms. The Morgan fingerprint density at radius 1 is 0.404 bits per heavy atom. The maximum Gasteiger partial charge on any atom is 0.235 e. The Morgan fingerprint density at radius 3 is 1.98 bits per heavy atom. The van der Waals surface area contributed by atoms with Gasteiger partial charge < -0.3 is 4.42 Å². The van der Waals surface area contributed by atoms with Gasteiger partial charge in [0.25, 0.3) is 0 Å². The number of aromatic nitrogens is 3. The lowest BCUT2D eigenvalue weighted by atomic mass is 9.96. The van der Waals surface area contributed by atoms with E-state index in [4.69, 9.17) is 14.4 Å². The van der Waals surface area contributed by atoms with Crippen molar-refractivity contribution in [1.82, 2.24) is 14.5 Å². The van der Waals surface area contributed by atoms with Gasteiger partial charge in [-0.2, -0.15) is 0 Å². The molecule has 0 aliphatic heterocycles. The molecule has 3 heterocycles. The average molecular weight is 664 g/mol. The molecule has 0 aliphatic carbocycles. The highest BCUT2D eigenvalue weighted by Gasteiger charge is 2.21. The lowest BCUT2D eigenvalue weighted by molar-refractivity contribution is 0.669. The van der Waals surface area contributed by atoms with Gasteiger partial charge in [-0.1, -0.05) is 133 Å². The van der Waals surface area contributed by atoms with Gasteiger partial charge in [-0.05, 0) is 69.9 Å². The van der Waals surface area contributed by atoms with Gasteiger partial charge in [-0.15, -0.1) is 0 Å². The van der Waals surface area contributed by atoms with Gasteiger partial charge in [0.05, 0.1) is 22.2 Å². The van der Waals surface area contributed by atoms with Crippen LogP contribution < -0.4 is 0 Å². The first-order chi connectivity index (χ1) is 25.8. The number of nitrogens with zero attached hydrogens (tertiary/aromatic N) is 3. The summed E-state index contributed by atoms with van der Waals surface area (Å²) in [5.74, 6) is 0.645. The van der Waals surface area contributed by atoms with Crippen LogP contribution in [0, 0.1) is 0 Å². The van der Waals surface area contributed by atoms with E-state index in [1.165, 1.54) is 16.2 Å². The van der Waals surface area contributed by atoms with E-state index in [0.29, 0.717) is 5.95 Å². The summed E-state index contributed by atoms with van der Waals surface area (Å²) >= 11 is 0. The molecule has 0 atom stereocenters. The van der Waals surface area contributed by atoms with Crippen LogP contribution in [0.4, 0.5) is 0 Å². The van der Waals surface area contributed by atoms with E-state index >= 15 is 0 Å². The summed E-state index contributed by atoms with van der Waals surface area (Å²) in [5.41, 5.74) is 11.3. The molecule has 11 aromatic rings. The highest BCUT2D eigenvalue weighted by Crippen LogP contribution is 2.41. The van der Waals surface area contributed by atoms with Gasteiger partial charge in [-0.25, -0.2) is 9.97 Å². The number of rotatable bonds is 4. The van der Waals surface area contributed by atoms with E-state index in [-0.39, 0.29) is 0 Å². The van der Waals surface area contributed by atoms with Crippen LogP contribution in [0.5, 0.6) is 0 Å². The Bertz CT molecular complexity index is 3190. The molecule has 0 aliphatic rings. The Labute approximate surface area is 298 Å². The maximum absolute atomic E-state index is 6.27. The van der Waals surface area contributed by atoms with Crippen LogP contribution >= 0.6 is 0 Å². The fourth-order valence-electron chi connectivity index (χ4n) is 7.94. The van der Waals surface area contributed by atoms with Crippen molar-refractivity contribution in [2.75, 3.05) is 0 Å². The van der Waals surface area contributed by atoms with Gasteiger partial charge in [0.2, 0.25) is 5.95 Å². The summed E-state index contributed by atoms with van der Waals surface area (Å²) < 4.78 is 8.55. The molecule has 11 rings (SSSR count). The van der Waals surface area contributed by atoms with Gasteiger partial charge >= 0.3 is 0 Å². The summed E-state index contributed by atoms with van der Waals surface area (Å²) in [7, 11) is 0.